The van der Waals surface area contributed by atoms with Gasteiger partial charge in [-0.05, 0) is 47.3 Å². The molecule has 0 bridgehead atoms. The number of aryl methyl sites for hydroxylation is 1. The van der Waals surface area contributed by atoms with Crippen LogP contribution in [0.1, 0.15) is 29.8 Å². The van der Waals surface area contributed by atoms with E-state index >= 15 is 0 Å². The van der Waals surface area contributed by atoms with Gasteiger partial charge in [0.15, 0.2) is 0 Å². The molecule has 14 heavy (non-hydrogen) atoms. The van der Waals surface area contributed by atoms with E-state index in [0.29, 0.717) is 6.04 Å². The van der Waals surface area contributed by atoms with E-state index in [1.165, 1.54) is 32.6 Å². The smallest absolute Gasteiger partial charge is 0.0704 e. The van der Waals surface area contributed by atoms with E-state index in [1.54, 1.807) is 0 Å². The van der Waals surface area contributed by atoms with Crippen molar-refractivity contribution in [2.45, 2.75) is 25.8 Å². The van der Waals surface area contributed by atoms with Crippen LogP contribution in [0.25, 0.3) is 0 Å². The summed E-state index contributed by atoms with van der Waals surface area (Å²) in [5.74, 6) is 0. The minimum Gasteiger partial charge on any atom is -0.306 e. The average Bonchev–Trinajstić information content (AvgIpc) is 2.60. The SMILES string of the molecule is C=C(C)CNC1CCc2sc(Br)cc21. The maximum absolute atomic E-state index is 3.91. The highest BCUT2D eigenvalue weighted by atomic mass is 79.9. The number of hydrogen-bond donors (Lipinski definition) is 1. The molecule has 0 amide bonds. The predicted octanol–water partition coefficient (Wildman–Crippen LogP) is 3.66. The Morgan fingerprint density at radius 2 is 2.57 bits per heavy atom. The van der Waals surface area contributed by atoms with Crippen LogP contribution in [0.4, 0.5) is 0 Å². The van der Waals surface area contributed by atoms with Crippen molar-refractivity contribution in [3.8, 4) is 0 Å². The molecule has 1 unspecified atom stereocenters. The lowest BCUT2D eigenvalue weighted by atomic mass is 10.1. The van der Waals surface area contributed by atoms with Crippen molar-refractivity contribution in [3.05, 3.63) is 32.4 Å². The van der Waals surface area contributed by atoms with Crippen LogP contribution in [0.2, 0.25) is 0 Å². The van der Waals surface area contributed by atoms with Gasteiger partial charge in [-0.1, -0.05) is 12.2 Å². The number of halogens is 1. The summed E-state index contributed by atoms with van der Waals surface area (Å²) in [6.45, 7) is 6.90. The summed E-state index contributed by atoms with van der Waals surface area (Å²) in [5.41, 5.74) is 2.69. The van der Waals surface area contributed by atoms with Crippen LogP contribution in [-0.2, 0) is 6.42 Å². The number of fused-ring (bicyclic) bond motifs is 1. The van der Waals surface area contributed by atoms with Crippen LogP contribution in [0.5, 0.6) is 0 Å². The summed E-state index contributed by atoms with van der Waals surface area (Å²) in [4.78, 5) is 1.54. The first kappa shape index (κ1) is 10.4. The minimum atomic E-state index is 0.546. The summed E-state index contributed by atoms with van der Waals surface area (Å²) >= 11 is 5.41. The molecular weight excluding hydrogens is 258 g/mol. The molecule has 1 nitrogen and oxygen atoms in total. The van der Waals surface area contributed by atoms with Gasteiger partial charge in [0.1, 0.15) is 0 Å². The van der Waals surface area contributed by atoms with Gasteiger partial charge in [0, 0.05) is 17.5 Å². The zero-order valence-electron chi connectivity index (χ0n) is 8.27. The Balaban J connectivity index is 2.06. The molecule has 1 aromatic heterocycles. The molecule has 1 aromatic rings. The Bertz CT molecular complexity index is 356. The highest BCUT2D eigenvalue weighted by Crippen LogP contribution is 2.39. The standard InChI is InChI=1S/C11H14BrNS/c1-7(2)6-13-9-3-4-10-8(9)5-11(12)14-10/h5,9,13H,1,3-4,6H2,2H3. The summed E-state index contributed by atoms with van der Waals surface area (Å²) < 4.78 is 1.25. The van der Waals surface area contributed by atoms with Crippen LogP contribution in [0, 0.1) is 0 Å². The maximum Gasteiger partial charge on any atom is 0.0704 e. The van der Waals surface area contributed by atoms with Crippen LogP contribution in [0.3, 0.4) is 0 Å². The van der Waals surface area contributed by atoms with Crippen molar-refractivity contribution in [2.75, 3.05) is 6.54 Å². The minimum absolute atomic E-state index is 0.546. The molecule has 1 atom stereocenters. The molecule has 0 aliphatic heterocycles. The van der Waals surface area contributed by atoms with Gasteiger partial charge in [-0.2, -0.15) is 0 Å². The molecule has 1 aliphatic rings. The zero-order chi connectivity index (χ0) is 10.1. The Morgan fingerprint density at radius 1 is 1.79 bits per heavy atom. The summed E-state index contributed by atoms with van der Waals surface area (Å²) in [6.07, 6.45) is 2.46. The maximum atomic E-state index is 3.91. The van der Waals surface area contributed by atoms with E-state index in [9.17, 15) is 0 Å². The van der Waals surface area contributed by atoms with E-state index in [-0.39, 0.29) is 0 Å². The van der Waals surface area contributed by atoms with Gasteiger partial charge in [0.2, 0.25) is 0 Å². The van der Waals surface area contributed by atoms with E-state index in [1.807, 2.05) is 11.3 Å². The molecule has 0 fully saturated rings. The Hall–Kier alpha value is -0.120. The van der Waals surface area contributed by atoms with E-state index in [4.69, 9.17) is 0 Å². The normalized spacial score (nSPS) is 19.7. The van der Waals surface area contributed by atoms with E-state index in [2.05, 4.69) is 40.8 Å². The lowest BCUT2D eigenvalue weighted by Crippen LogP contribution is -2.20. The van der Waals surface area contributed by atoms with Crippen molar-refractivity contribution < 1.29 is 0 Å². The van der Waals surface area contributed by atoms with Crippen molar-refractivity contribution in [2.24, 2.45) is 0 Å². The van der Waals surface area contributed by atoms with Crippen LogP contribution < -0.4 is 5.32 Å². The van der Waals surface area contributed by atoms with Gasteiger partial charge in [0.05, 0.1) is 3.79 Å². The third-order valence-electron chi connectivity index (χ3n) is 2.50. The molecule has 0 saturated carbocycles. The molecule has 1 heterocycles. The molecule has 1 aliphatic carbocycles. The lowest BCUT2D eigenvalue weighted by molar-refractivity contribution is 0.556. The topological polar surface area (TPSA) is 12.0 Å². The van der Waals surface area contributed by atoms with Crippen molar-refractivity contribution in [1.82, 2.24) is 5.32 Å². The lowest BCUT2D eigenvalue weighted by Gasteiger charge is -2.12. The van der Waals surface area contributed by atoms with Crippen LogP contribution >= 0.6 is 27.3 Å². The Morgan fingerprint density at radius 3 is 3.29 bits per heavy atom. The van der Waals surface area contributed by atoms with Gasteiger partial charge < -0.3 is 5.32 Å². The van der Waals surface area contributed by atoms with Crippen molar-refractivity contribution in [1.29, 1.82) is 0 Å². The Labute approximate surface area is 97.3 Å². The average molecular weight is 272 g/mol. The molecule has 0 saturated heterocycles. The molecule has 0 spiro atoms. The molecular formula is C11H14BrNS. The summed E-state index contributed by atoms with van der Waals surface area (Å²) in [7, 11) is 0. The van der Waals surface area contributed by atoms with E-state index < -0.39 is 0 Å². The number of nitrogens with one attached hydrogen (secondary N) is 1. The third kappa shape index (κ3) is 2.10. The number of rotatable bonds is 3. The third-order valence-corrected chi connectivity index (χ3v) is 4.21. The van der Waals surface area contributed by atoms with Gasteiger partial charge in [0.25, 0.3) is 0 Å². The second kappa shape index (κ2) is 4.17. The molecule has 2 rings (SSSR count). The predicted molar refractivity (Wildman–Crippen MR) is 65.9 cm³/mol. The number of hydrogen-bond acceptors (Lipinski definition) is 2. The fourth-order valence-electron chi connectivity index (χ4n) is 1.84. The summed E-state index contributed by atoms with van der Waals surface area (Å²) in [6, 6.07) is 2.80. The fourth-order valence-corrected chi connectivity index (χ4v) is 3.63. The van der Waals surface area contributed by atoms with Gasteiger partial charge >= 0.3 is 0 Å². The van der Waals surface area contributed by atoms with E-state index in [0.717, 1.165) is 6.54 Å². The van der Waals surface area contributed by atoms with Gasteiger partial charge in [-0.25, -0.2) is 0 Å². The highest BCUT2D eigenvalue weighted by Gasteiger charge is 2.24. The van der Waals surface area contributed by atoms with Gasteiger partial charge in [-0.15, -0.1) is 11.3 Å². The second-order valence-corrected chi connectivity index (χ2v) is 6.37. The molecule has 3 heteroatoms. The molecule has 1 N–H and O–H groups in total. The summed E-state index contributed by atoms with van der Waals surface area (Å²) in [5, 5.41) is 3.54. The number of thiophene rings is 1. The quantitative estimate of drug-likeness (QED) is 0.828. The van der Waals surface area contributed by atoms with Crippen molar-refractivity contribution >= 4 is 27.3 Å². The molecule has 0 aromatic carbocycles. The van der Waals surface area contributed by atoms with Crippen molar-refractivity contribution in [3.63, 3.8) is 0 Å². The first-order valence-corrected chi connectivity index (χ1v) is 6.43. The molecule has 0 radical (unpaired) electrons. The highest BCUT2D eigenvalue weighted by molar-refractivity contribution is 9.11. The van der Waals surface area contributed by atoms with Crippen LogP contribution in [0.15, 0.2) is 22.0 Å². The second-order valence-electron chi connectivity index (χ2n) is 3.86. The first-order chi connectivity index (χ1) is 6.66. The fraction of sp³-hybridized carbons (Fsp3) is 0.455. The zero-order valence-corrected chi connectivity index (χ0v) is 10.7. The first-order valence-electron chi connectivity index (χ1n) is 4.82. The van der Waals surface area contributed by atoms with Gasteiger partial charge in [-0.3, -0.25) is 0 Å². The largest absolute Gasteiger partial charge is 0.306 e. The molecule has 76 valence electrons. The van der Waals surface area contributed by atoms with Crippen LogP contribution in [-0.4, -0.2) is 6.54 Å². The monoisotopic (exact) mass is 271 g/mol. The Kier molecular flexibility index (Phi) is 3.10.